The Morgan fingerprint density at radius 2 is 1.86 bits per heavy atom. The van der Waals surface area contributed by atoms with Gasteiger partial charge >= 0.3 is 5.97 Å². The van der Waals surface area contributed by atoms with Crippen LogP contribution < -0.4 is 5.84 Å². The number of hydrazone groups is 1. The predicted molar refractivity (Wildman–Crippen MR) is 111 cm³/mol. The van der Waals surface area contributed by atoms with Crippen molar-refractivity contribution in [3.05, 3.63) is 54.1 Å². The number of carboxylic acid groups (broad SMARTS) is 1. The van der Waals surface area contributed by atoms with Crippen LogP contribution in [-0.2, 0) is 0 Å². The fraction of sp³-hybridized carbons (Fsp3) is 0.190. The topological polar surface area (TPSA) is 127 Å². The summed E-state index contributed by atoms with van der Waals surface area (Å²) in [6.07, 6.45) is 4.52. The van der Waals surface area contributed by atoms with Crippen LogP contribution in [0.15, 0.2) is 63.0 Å². The van der Waals surface area contributed by atoms with E-state index < -0.39 is 5.97 Å². The number of unbranched alkanes of at least 4 members (excludes halogenated alkanes) is 1. The molecule has 0 aliphatic heterocycles. The highest BCUT2D eigenvalue weighted by Gasteiger charge is 2.17. The molecule has 0 unspecified atom stereocenters. The van der Waals surface area contributed by atoms with Gasteiger partial charge in [0.2, 0.25) is 11.8 Å². The van der Waals surface area contributed by atoms with Gasteiger partial charge in [-0.1, -0.05) is 25.5 Å². The van der Waals surface area contributed by atoms with Gasteiger partial charge < -0.3 is 15.4 Å². The second-order valence-corrected chi connectivity index (χ2v) is 6.29. The van der Waals surface area contributed by atoms with Crippen molar-refractivity contribution < 1.29 is 14.3 Å². The van der Waals surface area contributed by atoms with Gasteiger partial charge in [-0.05, 0) is 49.2 Å². The fourth-order valence-electron chi connectivity index (χ4n) is 2.66. The van der Waals surface area contributed by atoms with Crippen molar-refractivity contribution in [2.45, 2.75) is 26.2 Å². The van der Waals surface area contributed by atoms with Crippen LogP contribution >= 0.6 is 0 Å². The zero-order chi connectivity index (χ0) is 20.6. The molecule has 0 fully saturated rings. The molecule has 1 aromatic heterocycles. The Morgan fingerprint density at radius 3 is 2.55 bits per heavy atom. The number of hydrogen-bond donors (Lipinski definition) is 2. The third kappa shape index (κ3) is 4.92. The van der Waals surface area contributed by atoms with Crippen LogP contribution in [0.3, 0.4) is 0 Å². The Morgan fingerprint density at radius 1 is 1.14 bits per heavy atom. The van der Waals surface area contributed by atoms with Gasteiger partial charge in [0, 0.05) is 5.56 Å². The van der Waals surface area contributed by atoms with Gasteiger partial charge in [-0.25, -0.2) is 4.79 Å². The highest BCUT2D eigenvalue weighted by atomic mass is 16.4. The highest BCUT2D eigenvalue weighted by Crippen LogP contribution is 2.27. The Balaban J connectivity index is 1.77. The zero-order valence-electron chi connectivity index (χ0n) is 15.9. The van der Waals surface area contributed by atoms with Crippen molar-refractivity contribution in [3.8, 4) is 22.9 Å². The Kier molecular flexibility index (Phi) is 6.47. The van der Waals surface area contributed by atoms with Crippen molar-refractivity contribution in [3.63, 3.8) is 0 Å². The van der Waals surface area contributed by atoms with Gasteiger partial charge in [0.1, 0.15) is 0 Å². The standard InChI is InChI=1S/C21H21N5O3/c1-2-3-6-16(24-22)13-23-15-11-9-14(10-12-15)19-25-26-20(29-19)17-7-4-5-8-18(17)21(27)28/h4-5,7-13H,2-3,6,22H2,1H3,(H,27,28)/b23-13?,24-16-. The van der Waals surface area contributed by atoms with E-state index in [1.54, 1.807) is 36.5 Å². The lowest BCUT2D eigenvalue weighted by molar-refractivity contribution is 0.0697. The van der Waals surface area contributed by atoms with Gasteiger partial charge in [-0.15, -0.1) is 10.2 Å². The predicted octanol–water partition coefficient (Wildman–Crippen LogP) is 4.31. The molecule has 0 saturated heterocycles. The van der Waals surface area contributed by atoms with Crippen molar-refractivity contribution in [1.29, 1.82) is 0 Å². The molecule has 3 rings (SSSR count). The van der Waals surface area contributed by atoms with Crippen molar-refractivity contribution in [1.82, 2.24) is 10.2 Å². The minimum Gasteiger partial charge on any atom is -0.478 e. The quantitative estimate of drug-likeness (QED) is 0.335. The monoisotopic (exact) mass is 391 g/mol. The number of aliphatic imine (C=N–C) groups is 1. The maximum absolute atomic E-state index is 11.4. The number of nitrogens with two attached hydrogens (primary N) is 1. The minimum absolute atomic E-state index is 0.104. The van der Waals surface area contributed by atoms with Gasteiger partial charge in [-0.3, -0.25) is 4.99 Å². The number of benzene rings is 2. The summed E-state index contributed by atoms with van der Waals surface area (Å²) in [5, 5.41) is 21.1. The van der Waals surface area contributed by atoms with E-state index in [9.17, 15) is 9.90 Å². The van der Waals surface area contributed by atoms with Crippen LogP contribution in [0.25, 0.3) is 22.9 Å². The molecule has 8 nitrogen and oxygen atoms in total. The molecule has 0 aliphatic rings. The average Bonchev–Trinajstić information content (AvgIpc) is 3.24. The lowest BCUT2D eigenvalue weighted by Gasteiger charge is -2.00. The smallest absolute Gasteiger partial charge is 0.336 e. The molecule has 0 aliphatic carbocycles. The van der Waals surface area contributed by atoms with Crippen LogP contribution in [-0.4, -0.2) is 33.2 Å². The van der Waals surface area contributed by atoms with E-state index in [4.69, 9.17) is 10.3 Å². The van der Waals surface area contributed by atoms with Gasteiger partial charge in [0.05, 0.1) is 28.7 Å². The molecule has 0 spiro atoms. The Labute approximate surface area is 167 Å². The molecule has 0 amide bonds. The number of aromatic carboxylic acids is 1. The molecule has 0 saturated carbocycles. The van der Waals surface area contributed by atoms with E-state index in [2.05, 4.69) is 27.2 Å². The highest BCUT2D eigenvalue weighted by molar-refractivity contribution is 6.30. The average molecular weight is 391 g/mol. The number of hydrogen-bond acceptors (Lipinski definition) is 7. The maximum Gasteiger partial charge on any atom is 0.336 e. The van der Waals surface area contributed by atoms with Crippen LogP contribution in [0.5, 0.6) is 0 Å². The van der Waals surface area contributed by atoms with E-state index in [0.717, 1.165) is 30.7 Å². The zero-order valence-corrected chi connectivity index (χ0v) is 15.9. The first-order valence-electron chi connectivity index (χ1n) is 9.19. The molecule has 148 valence electrons. The van der Waals surface area contributed by atoms with E-state index in [-0.39, 0.29) is 11.5 Å². The summed E-state index contributed by atoms with van der Waals surface area (Å²) in [4.78, 5) is 15.8. The van der Waals surface area contributed by atoms with Crippen LogP contribution in [0, 0.1) is 0 Å². The van der Waals surface area contributed by atoms with Crippen LogP contribution in [0.2, 0.25) is 0 Å². The molecule has 2 aromatic carbocycles. The Bertz CT molecular complexity index is 1040. The summed E-state index contributed by atoms with van der Waals surface area (Å²) in [7, 11) is 0. The number of aromatic nitrogens is 2. The SMILES string of the molecule is CCCC/C(C=Nc1ccc(-c2nnc(-c3ccccc3C(=O)O)o2)cc1)=N/N. The van der Waals surface area contributed by atoms with Crippen LogP contribution in [0.4, 0.5) is 5.69 Å². The van der Waals surface area contributed by atoms with Gasteiger partial charge in [-0.2, -0.15) is 5.10 Å². The number of carbonyl (C=O) groups is 1. The second kappa shape index (κ2) is 9.41. The molecule has 1 heterocycles. The maximum atomic E-state index is 11.4. The summed E-state index contributed by atoms with van der Waals surface area (Å²) < 4.78 is 5.69. The first-order valence-corrected chi connectivity index (χ1v) is 9.19. The fourth-order valence-corrected chi connectivity index (χ4v) is 2.66. The molecule has 3 aromatic rings. The first-order chi connectivity index (χ1) is 14.1. The number of rotatable bonds is 8. The summed E-state index contributed by atoms with van der Waals surface area (Å²) >= 11 is 0. The third-order valence-electron chi connectivity index (χ3n) is 4.24. The minimum atomic E-state index is -1.05. The first kappa shape index (κ1) is 19.9. The van der Waals surface area contributed by atoms with E-state index in [1.165, 1.54) is 6.07 Å². The van der Waals surface area contributed by atoms with Crippen molar-refractivity contribution >= 4 is 23.6 Å². The molecular weight excluding hydrogens is 370 g/mol. The summed E-state index contributed by atoms with van der Waals surface area (Å²) in [6.45, 7) is 2.10. The normalized spacial score (nSPS) is 11.8. The van der Waals surface area contributed by atoms with E-state index in [0.29, 0.717) is 17.0 Å². The van der Waals surface area contributed by atoms with Crippen molar-refractivity contribution in [2.75, 3.05) is 0 Å². The van der Waals surface area contributed by atoms with Gasteiger partial charge in [0.25, 0.3) is 0 Å². The van der Waals surface area contributed by atoms with Crippen LogP contribution in [0.1, 0.15) is 36.5 Å². The lowest BCUT2D eigenvalue weighted by atomic mass is 10.1. The number of carboxylic acids is 1. The largest absolute Gasteiger partial charge is 0.478 e. The molecule has 29 heavy (non-hydrogen) atoms. The summed E-state index contributed by atoms with van der Waals surface area (Å²) in [6, 6.07) is 13.7. The molecule has 0 radical (unpaired) electrons. The Hall–Kier alpha value is -3.81. The lowest BCUT2D eigenvalue weighted by Crippen LogP contribution is -2.03. The van der Waals surface area contributed by atoms with Crippen molar-refractivity contribution in [2.24, 2.45) is 15.9 Å². The molecule has 0 bridgehead atoms. The molecule has 0 atom stereocenters. The molecule has 8 heteroatoms. The molecule has 3 N–H and O–H groups in total. The summed E-state index contributed by atoms with van der Waals surface area (Å²) in [5.41, 5.74) is 2.67. The van der Waals surface area contributed by atoms with Gasteiger partial charge in [0.15, 0.2) is 0 Å². The number of nitrogens with zero attached hydrogens (tertiary/aromatic N) is 4. The third-order valence-corrected chi connectivity index (χ3v) is 4.24. The molecular formula is C21H21N5O3. The second-order valence-electron chi connectivity index (χ2n) is 6.29. The summed E-state index contributed by atoms with van der Waals surface area (Å²) in [5.74, 6) is 4.78. The van der Waals surface area contributed by atoms with E-state index >= 15 is 0 Å². The van der Waals surface area contributed by atoms with E-state index in [1.807, 2.05) is 12.1 Å².